The van der Waals surface area contributed by atoms with Crippen molar-refractivity contribution < 1.29 is 4.79 Å². The Balaban J connectivity index is 1.66. The molecule has 2 aromatic rings. The van der Waals surface area contributed by atoms with E-state index in [4.69, 9.17) is 0 Å². The second-order valence-electron chi connectivity index (χ2n) is 4.97. The summed E-state index contributed by atoms with van der Waals surface area (Å²) in [4.78, 5) is 15.3. The molecule has 0 spiro atoms. The zero-order valence-electron chi connectivity index (χ0n) is 11.6. The van der Waals surface area contributed by atoms with Crippen molar-refractivity contribution >= 4 is 29.0 Å². The molecule has 7 heteroatoms. The molecule has 0 aliphatic heterocycles. The molecule has 0 radical (unpaired) electrons. The molecule has 108 valence electrons. The Morgan fingerprint density at radius 3 is 2.57 bits per heavy atom. The van der Waals surface area contributed by atoms with Crippen molar-refractivity contribution in [2.45, 2.75) is 25.8 Å². The molecule has 1 amide bonds. The van der Waals surface area contributed by atoms with Gasteiger partial charge in [0.05, 0.1) is 6.20 Å². The lowest BCUT2D eigenvalue weighted by atomic mass is 10.3. The summed E-state index contributed by atoms with van der Waals surface area (Å²) in [7, 11) is 0. The molecule has 0 unspecified atom stereocenters. The van der Waals surface area contributed by atoms with Crippen LogP contribution in [-0.2, 0) is 4.79 Å². The molecule has 1 aliphatic carbocycles. The lowest BCUT2D eigenvalue weighted by Gasteiger charge is -2.07. The van der Waals surface area contributed by atoms with E-state index in [0.29, 0.717) is 12.0 Å². The van der Waals surface area contributed by atoms with E-state index in [1.165, 1.54) is 19.8 Å². The first-order chi connectivity index (χ1) is 10.2. The Kier molecular flexibility index (Phi) is 3.63. The topological polar surface area (TPSA) is 91.8 Å². The maximum absolute atomic E-state index is 11.0. The van der Waals surface area contributed by atoms with Crippen LogP contribution >= 0.6 is 0 Å². The van der Waals surface area contributed by atoms with E-state index in [1.54, 1.807) is 6.20 Å². The minimum atomic E-state index is -0.0953. The summed E-state index contributed by atoms with van der Waals surface area (Å²) in [5.74, 6) is 1.07. The van der Waals surface area contributed by atoms with Crippen LogP contribution in [0.3, 0.4) is 0 Å². The fourth-order valence-electron chi connectivity index (χ4n) is 1.83. The first-order valence-electron chi connectivity index (χ1n) is 6.80. The van der Waals surface area contributed by atoms with Crippen LogP contribution in [0.4, 0.5) is 23.1 Å². The first-order valence-corrected chi connectivity index (χ1v) is 6.80. The Hall–Kier alpha value is -2.70. The maximum Gasteiger partial charge on any atom is 0.249 e. The summed E-state index contributed by atoms with van der Waals surface area (Å²) < 4.78 is 0. The van der Waals surface area contributed by atoms with Crippen LogP contribution in [0.1, 0.15) is 19.8 Å². The smallest absolute Gasteiger partial charge is 0.249 e. The largest absolute Gasteiger partial charge is 0.366 e. The predicted molar refractivity (Wildman–Crippen MR) is 80.5 cm³/mol. The Morgan fingerprint density at radius 1 is 1.19 bits per heavy atom. The summed E-state index contributed by atoms with van der Waals surface area (Å²) in [6.45, 7) is 1.48. The maximum atomic E-state index is 11.0. The highest BCUT2D eigenvalue weighted by molar-refractivity contribution is 5.88. The molecule has 1 aromatic heterocycles. The number of nitrogens with one attached hydrogen (secondary N) is 3. The number of carbonyl (C=O) groups is 1. The minimum Gasteiger partial charge on any atom is -0.366 e. The molecule has 0 bridgehead atoms. The second-order valence-corrected chi connectivity index (χ2v) is 4.97. The molecule has 3 rings (SSSR count). The van der Waals surface area contributed by atoms with E-state index in [2.05, 4.69) is 31.1 Å². The minimum absolute atomic E-state index is 0.0953. The third kappa shape index (κ3) is 3.88. The van der Waals surface area contributed by atoms with Gasteiger partial charge in [-0.05, 0) is 37.1 Å². The van der Waals surface area contributed by atoms with Gasteiger partial charge in [-0.25, -0.2) is 0 Å². The number of carbonyl (C=O) groups excluding carboxylic acids is 1. The van der Waals surface area contributed by atoms with Crippen LogP contribution in [-0.4, -0.2) is 27.1 Å². The molecule has 1 fully saturated rings. The van der Waals surface area contributed by atoms with Crippen LogP contribution in [0.15, 0.2) is 30.5 Å². The van der Waals surface area contributed by atoms with E-state index in [9.17, 15) is 4.79 Å². The molecular formula is C14H16N6O. The third-order valence-corrected chi connectivity index (χ3v) is 2.95. The highest BCUT2D eigenvalue weighted by atomic mass is 16.1. The highest BCUT2D eigenvalue weighted by Crippen LogP contribution is 2.24. The number of nitrogens with zero attached hydrogens (tertiary/aromatic N) is 3. The van der Waals surface area contributed by atoms with E-state index in [-0.39, 0.29) is 5.91 Å². The molecule has 0 atom stereocenters. The molecule has 3 N–H and O–H groups in total. The number of anilines is 4. The second kappa shape index (κ2) is 5.74. The fourth-order valence-corrected chi connectivity index (χ4v) is 1.83. The Morgan fingerprint density at radius 2 is 1.90 bits per heavy atom. The van der Waals surface area contributed by atoms with Crippen molar-refractivity contribution in [3.05, 3.63) is 30.5 Å². The van der Waals surface area contributed by atoms with Gasteiger partial charge in [-0.15, -0.1) is 5.10 Å². The van der Waals surface area contributed by atoms with Crippen molar-refractivity contribution in [2.24, 2.45) is 0 Å². The molecule has 1 aromatic carbocycles. The molecule has 1 saturated carbocycles. The lowest BCUT2D eigenvalue weighted by Crippen LogP contribution is -2.07. The van der Waals surface area contributed by atoms with E-state index < -0.39 is 0 Å². The Labute approximate surface area is 122 Å². The van der Waals surface area contributed by atoms with Crippen LogP contribution in [0.5, 0.6) is 0 Å². The van der Waals surface area contributed by atoms with Gasteiger partial charge in [0.15, 0.2) is 5.82 Å². The van der Waals surface area contributed by atoms with Gasteiger partial charge < -0.3 is 16.0 Å². The van der Waals surface area contributed by atoms with Crippen molar-refractivity contribution in [3.8, 4) is 0 Å². The van der Waals surface area contributed by atoms with Crippen LogP contribution in [0, 0.1) is 0 Å². The number of aromatic nitrogens is 3. The van der Waals surface area contributed by atoms with Crippen molar-refractivity contribution in [1.29, 1.82) is 0 Å². The molecule has 1 aliphatic rings. The molecule has 21 heavy (non-hydrogen) atoms. The van der Waals surface area contributed by atoms with Crippen LogP contribution in [0.2, 0.25) is 0 Å². The van der Waals surface area contributed by atoms with E-state index in [0.717, 1.165) is 17.2 Å². The van der Waals surface area contributed by atoms with Crippen molar-refractivity contribution in [2.75, 3.05) is 16.0 Å². The third-order valence-electron chi connectivity index (χ3n) is 2.95. The number of hydrogen-bond acceptors (Lipinski definition) is 6. The number of hydrogen-bond donors (Lipinski definition) is 3. The highest BCUT2D eigenvalue weighted by Gasteiger charge is 2.21. The standard InChI is InChI=1S/C14H16N6O/c1-9(21)16-10-2-6-12(7-3-10)18-14-19-13(8-15-20-14)17-11-4-5-11/h2-3,6-8,11H,4-5H2,1H3,(H,16,21)(H2,17,18,19,20). The van der Waals surface area contributed by atoms with E-state index >= 15 is 0 Å². The summed E-state index contributed by atoms with van der Waals surface area (Å²) in [5.41, 5.74) is 1.57. The molecule has 7 nitrogen and oxygen atoms in total. The van der Waals surface area contributed by atoms with Gasteiger partial charge in [0.25, 0.3) is 0 Å². The van der Waals surface area contributed by atoms with Gasteiger partial charge in [0.2, 0.25) is 11.9 Å². The molecular weight excluding hydrogens is 268 g/mol. The fraction of sp³-hybridized carbons (Fsp3) is 0.286. The number of amides is 1. The predicted octanol–water partition coefficient (Wildman–Crippen LogP) is 2.15. The quantitative estimate of drug-likeness (QED) is 0.779. The van der Waals surface area contributed by atoms with Gasteiger partial charge >= 0.3 is 0 Å². The summed E-state index contributed by atoms with van der Waals surface area (Å²) >= 11 is 0. The van der Waals surface area contributed by atoms with E-state index in [1.807, 2.05) is 24.3 Å². The van der Waals surface area contributed by atoms with Crippen molar-refractivity contribution in [1.82, 2.24) is 15.2 Å². The monoisotopic (exact) mass is 284 g/mol. The first kappa shape index (κ1) is 13.3. The SMILES string of the molecule is CC(=O)Nc1ccc(Nc2nncc(NC3CC3)n2)cc1. The summed E-state index contributed by atoms with van der Waals surface area (Å²) in [6.07, 6.45) is 3.97. The van der Waals surface area contributed by atoms with Gasteiger partial charge in [-0.2, -0.15) is 10.1 Å². The van der Waals surface area contributed by atoms with Crippen molar-refractivity contribution in [3.63, 3.8) is 0 Å². The number of rotatable bonds is 5. The zero-order valence-corrected chi connectivity index (χ0v) is 11.6. The van der Waals surface area contributed by atoms with Crippen LogP contribution < -0.4 is 16.0 Å². The van der Waals surface area contributed by atoms with Gasteiger partial charge in [-0.1, -0.05) is 0 Å². The summed E-state index contributed by atoms with van der Waals surface area (Å²) in [6, 6.07) is 7.82. The van der Waals surface area contributed by atoms with Gasteiger partial charge in [0, 0.05) is 24.3 Å². The molecule has 0 saturated heterocycles. The zero-order chi connectivity index (χ0) is 14.7. The lowest BCUT2D eigenvalue weighted by molar-refractivity contribution is -0.114. The van der Waals surface area contributed by atoms with Gasteiger partial charge in [0.1, 0.15) is 0 Å². The average molecular weight is 284 g/mol. The summed E-state index contributed by atoms with van der Waals surface area (Å²) in [5, 5.41) is 16.9. The normalized spacial score (nSPS) is 13.6. The Bertz CT molecular complexity index is 638. The number of benzene rings is 1. The average Bonchev–Trinajstić information content (AvgIpc) is 3.25. The van der Waals surface area contributed by atoms with Gasteiger partial charge in [-0.3, -0.25) is 4.79 Å². The molecule has 1 heterocycles. The van der Waals surface area contributed by atoms with Crippen LogP contribution in [0.25, 0.3) is 0 Å².